The van der Waals surface area contributed by atoms with E-state index in [-0.39, 0.29) is 6.42 Å². The molecule has 12 heteroatoms. The molecule has 0 saturated carbocycles. The number of esters is 1. The Labute approximate surface area is 189 Å². The molecule has 0 radical (unpaired) electrons. The number of aliphatic hydroxyl groups excluding tert-OH is 1. The van der Waals surface area contributed by atoms with E-state index < -0.39 is 62.7 Å². The van der Waals surface area contributed by atoms with Gasteiger partial charge in [-0.25, -0.2) is 8.42 Å². The van der Waals surface area contributed by atoms with E-state index in [2.05, 4.69) is 0 Å². The van der Waals surface area contributed by atoms with Gasteiger partial charge in [0.05, 0.1) is 11.0 Å². The fourth-order valence-corrected chi connectivity index (χ4v) is 5.91. The lowest BCUT2D eigenvalue weighted by Crippen LogP contribution is -2.43. The van der Waals surface area contributed by atoms with Crippen LogP contribution < -0.4 is 4.90 Å². The van der Waals surface area contributed by atoms with E-state index in [9.17, 15) is 33.2 Å². The Hall–Kier alpha value is -3.35. The summed E-state index contributed by atoms with van der Waals surface area (Å²) in [5.41, 5.74) is 1.09. The first-order valence-electron chi connectivity index (χ1n) is 10.2. The van der Waals surface area contributed by atoms with Gasteiger partial charge < -0.3 is 14.7 Å². The summed E-state index contributed by atoms with van der Waals surface area (Å²) in [4.78, 5) is 36.7. The van der Waals surface area contributed by atoms with Crippen LogP contribution in [0.15, 0.2) is 53.4 Å². The summed E-state index contributed by atoms with van der Waals surface area (Å²) < 4.78 is 32.1. The number of rotatable bonds is 6. The molecule has 0 unspecified atom stereocenters. The number of fused-ring (bicyclic) bond motifs is 1. The average molecular weight is 475 g/mol. The SMILES string of the molecule is O=C(OCC(=O)N1CCc2ccccc21)[C@@H]1C[C@@H](O)CN1S(=O)(=O)c1ccccc1[N+](=O)[O-]. The molecule has 11 nitrogen and oxygen atoms in total. The molecule has 33 heavy (non-hydrogen) atoms. The maximum atomic E-state index is 13.1. The molecule has 1 amide bonds. The van der Waals surface area contributed by atoms with E-state index in [1.165, 1.54) is 17.0 Å². The first-order chi connectivity index (χ1) is 15.7. The van der Waals surface area contributed by atoms with Crippen LogP contribution in [0.5, 0.6) is 0 Å². The van der Waals surface area contributed by atoms with Gasteiger partial charge in [0, 0.05) is 31.3 Å². The molecular weight excluding hydrogens is 454 g/mol. The van der Waals surface area contributed by atoms with Crippen LogP contribution in [-0.2, 0) is 30.8 Å². The Bertz CT molecular complexity index is 1220. The number of carbonyl (C=O) groups is 2. The molecule has 2 aliphatic heterocycles. The number of nitro benzene ring substituents is 1. The van der Waals surface area contributed by atoms with Crippen molar-refractivity contribution in [1.82, 2.24) is 4.31 Å². The Morgan fingerprint density at radius 2 is 1.85 bits per heavy atom. The summed E-state index contributed by atoms with van der Waals surface area (Å²) in [5.74, 6) is -1.46. The van der Waals surface area contributed by atoms with Gasteiger partial charge >= 0.3 is 5.97 Å². The molecule has 2 atom stereocenters. The molecule has 2 aromatic carbocycles. The fraction of sp³-hybridized carbons (Fsp3) is 0.333. The van der Waals surface area contributed by atoms with Crippen LogP contribution in [0.1, 0.15) is 12.0 Å². The third-order valence-corrected chi connectivity index (χ3v) is 7.60. The highest BCUT2D eigenvalue weighted by Gasteiger charge is 2.46. The Morgan fingerprint density at radius 1 is 1.15 bits per heavy atom. The number of β-amino-alcohol motifs (C(OH)–C–C–N with tert-alkyl or cyclic N) is 1. The molecule has 4 rings (SSSR count). The smallest absolute Gasteiger partial charge is 0.325 e. The number of amides is 1. The first kappa shape index (κ1) is 22.8. The maximum absolute atomic E-state index is 13.1. The largest absolute Gasteiger partial charge is 0.454 e. The van der Waals surface area contributed by atoms with Gasteiger partial charge in [-0.05, 0) is 24.1 Å². The van der Waals surface area contributed by atoms with Crippen LogP contribution in [-0.4, -0.2) is 66.5 Å². The van der Waals surface area contributed by atoms with Crippen LogP contribution in [0.4, 0.5) is 11.4 Å². The van der Waals surface area contributed by atoms with Crippen molar-refractivity contribution >= 4 is 33.3 Å². The molecular formula is C21H21N3O8S. The standard InChI is InChI=1S/C21H21N3O8S/c25-15-11-18(23(12-15)33(30,31)19-8-4-3-7-17(19)24(28)29)21(27)32-13-20(26)22-10-9-14-5-1-2-6-16(14)22/h1-8,15,18,25H,9-13H2/t15-,18+/m1/s1. The highest BCUT2D eigenvalue weighted by Crippen LogP contribution is 2.32. The van der Waals surface area contributed by atoms with Crippen molar-refractivity contribution in [1.29, 1.82) is 0 Å². The summed E-state index contributed by atoms with van der Waals surface area (Å²) in [6, 6.07) is 10.7. The van der Waals surface area contributed by atoms with Gasteiger partial charge in [0.2, 0.25) is 0 Å². The zero-order valence-corrected chi connectivity index (χ0v) is 18.2. The van der Waals surface area contributed by atoms with Crippen molar-refractivity contribution in [3.63, 3.8) is 0 Å². The lowest BCUT2D eigenvalue weighted by atomic mass is 10.2. The van der Waals surface area contributed by atoms with Crippen LogP contribution in [0.3, 0.4) is 0 Å². The normalized spacial score (nSPS) is 20.5. The van der Waals surface area contributed by atoms with Crippen molar-refractivity contribution in [2.24, 2.45) is 0 Å². The fourth-order valence-electron chi connectivity index (χ4n) is 4.12. The average Bonchev–Trinajstić information content (AvgIpc) is 3.41. The lowest BCUT2D eigenvalue weighted by Gasteiger charge is -2.23. The summed E-state index contributed by atoms with van der Waals surface area (Å²) in [6.45, 7) is -0.587. The molecule has 0 aromatic heterocycles. The first-order valence-corrected chi connectivity index (χ1v) is 11.6. The van der Waals surface area contributed by atoms with Crippen molar-refractivity contribution in [3.05, 3.63) is 64.2 Å². The molecule has 0 spiro atoms. The molecule has 2 aliphatic rings. The van der Waals surface area contributed by atoms with Crippen molar-refractivity contribution < 1.29 is 32.8 Å². The number of anilines is 1. The quantitative estimate of drug-likeness (QED) is 0.367. The maximum Gasteiger partial charge on any atom is 0.325 e. The second kappa shape index (κ2) is 8.89. The molecule has 2 aromatic rings. The monoisotopic (exact) mass is 475 g/mol. The Morgan fingerprint density at radius 3 is 2.61 bits per heavy atom. The third-order valence-electron chi connectivity index (χ3n) is 5.68. The molecule has 0 bridgehead atoms. The predicted octanol–water partition coefficient (Wildman–Crippen LogP) is 0.851. The molecule has 1 saturated heterocycles. The minimum absolute atomic E-state index is 0.251. The third kappa shape index (κ3) is 4.32. The minimum atomic E-state index is -4.50. The molecule has 1 fully saturated rings. The van der Waals surface area contributed by atoms with E-state index in [1.54, 1.807) is 12.1 Å². The van der Waals surface area contributed by atoms with Gasteiger partial charge in [-0.15, -0.1) is 0 Å². The number of hydrogen-bond acceptors (Lipinski definition) is 8. The van der Waals surface area contributed by atoms with E-state index in [0.717, 1.165) is 23.4 Å². The Kier molecular flexibility index (Phi) is 6.15. The van der Waals surface area contributed by atoms with Crippen molar-refractivity contribution in [2.45, 2.75) is 29.9 Å². The van der Waals surface area contributed by atoms with Crippen LogP contribution in [0, 0.1) is 10.1 Å². The Balaban J connectivity index is 1.49. The minimum Gasteiger partial charge on any atom is -0.454 e. The van der Waals surface area contributed by atoms with Crippen molar-refractivity contribution in [3.8, 4) is 0 Å². The van der Waals surface area contributed by atoms with Gasteiger partial charge in [-0.3, -0.25) is 19.7 Å². The van der Waals surface area contributed by atoms with Gasteiger partial charge in [0.15, 0.2) is 11.5 Å². The van der Waals surface area contributed by atoms with E-state index in [4.69, 9.17) is 4.74 Å². The van der Waals surface area contributed by atoms with Crippen molar-refractivity contribution in [2.75, 3.05) is 24.6 Å². The zero-order chi connectivity index (χ0) is 23.8. The summed E-state index contributed by atoms with van der Waals surface area (Å²) in [6.07, 6.45) is -0.743. The highest BCUT2D eigenvalue weighted by molar-refractivity contribution is 7.89. The summed E-state index contributed by atoms with van der Waals surface area (Å²) >= 11 is 0. The van der Waals surface area contributed by atoms with E-state index >= 15 is 0 Å². The molecule has 0 aliphatic carbocycles. The molecule has 2 heterocycles. The predicted molar refractivity (Wildman–Crippen MR) is 115 cm³/mol. The van der Waals surface area contributed by atoms with Gasteiger partial charge in [0.1, 0.15) is 6.04 Å². The number of sulfonamides is 1. The number of nitrogens with zero attached hydrogens (tertiary/aromatic N) is 3. The number of ether oxygens (including phenoxy) is 1. The summed E-state index contributed by atoms with van der Waals surface area (Å²) in [7, 11) is -4.50. The van der Waals surface area contributed by atoms with Crippen LogP contribution in [0.25, 0.3) is 0 Å². The lowest BCUT2D eigenvalue weighted by molar-refractivity contribution is -0.387. The van der Waals surface area contributed by atoms with Gasteiger partial charge in [0.25, 0.3) is 21.6 Å². The summed E-state index contributed by atoms with van der Waals surface area (Å²) in [5, 5.41) is 21.3. The number of carbonyl (C=O) groups excluding carboxylic acids is 2. The number of nitro groups is 1. The van der Waals surface area contributed by atoms with Gasteiger partial charge in [-0.2, -0.15) is 4.31 Å². The number of para-hydroxylation sites is 2. The second-order valence-corrected chi connectivity index (χ2v) is 9.60. The van der Waals surface area contributed by atoms with Crippen LogP contribution >= 0.6 is 0 Å². The number of hydrogen-bond donors (Lipinski definition) is 1. The van der Waals surface area contributed by atoms with E-state index in [1.807, 2.05) is 12.1 Å². The van der Waals surface area contributed by atoms with Crippen LogP contribution in [0.2, 0.25) is 0 Å². The highest BCUT2D eigenvalue weighted by atomic mass is 32.2. The molecule has 174 valence electrons. The topological polar surface area (TPSA) is 147 Å². The van der Waals surface area contributed by atoms with E-state index in [0.29, 0.717) is 17.3 Å². The van der Waals surface area contributed by atoms with Gasteiger partial charge in [-0.1, -0.05) is 30.3 Å². The second-order valence-electron chi connectivity index (χ2n) is 7.74. The molecule has 1 N–H and O–H groups in total. The zero-order valence-electron chi connectivity index (χ0n) is 17.4. The number of aliphatic hydroxyl groups is 1. The number of benzene rings is 2.